The van der Waals surface area contributed by atoms with Gasteiger partial charge in [-0.25, -0.2) is 19.4 Å². The van der Waals surface area contributed by atoms with Crippen LogP contribution in [0.4, 0.5) is 25.8 Å². The summed E-state index contributed by atoms with van der Waals surface area (Å²) < 4.78 is 45.7. The molecule has 1 unspecified atom stereocenters. The first-order chi connectivity index (χ1) is 36.0. The lowest BCUT2D eigenvalue weighted by Crippen LogP contribution is -2.50. The van der Waals surface area contributed by atoms with Gasteiger partial charge >= 0.3 is 18.3 Å². The number of carbonyl (C=O) groups excluding carboxylic acids is 5. The normalized spacial score (nSPS) is 17.1. The smallest absolute Gasteiger partial charge is 0.412 e. The number of carbonyl (C=O) groups is 5. The molecule has 74 heavy (non-hydrogen) atoms. The number of amides is 5. The summed E-state index contributed by atoms with van der Waals surface area (Å²) in [6, 6.07) is 10.8. The SMILES string of the molecule is C=CCOC(=O)Nc1cc(OCCCCCOc2cc(NC(=O)OCCSSc3ccccn3)c(C(=O)N3CCC[C@H]3/C=N/OC)cc2OC)c(OC)cc1C(=O)N1CC(=C)C[C@H]1C1OCCN1C(=O)OCC=C. The Hall–Kier alpha value is -7.11. The van der Waals surface area contributed by atoms with Crippen molar-refractivity contribution in [3.8, 4) is 23.0 Å². The topological polar surface area (TPSA) is 227 Å². The Balaban J connectivity index is 1.10. The van der Waals surface area contributed by atoms with Crippen molar-refractivity contribution in [2.45, 2.75) is 61.9 Å². The van der Waals surface area contributed by atoms with Crippen LogP contribution in [0.5, 0.6) is 23.0 Å². The summed E-state index contributed by atoms with van der Waals surface area (Å²) >= 11 is 0. The molecule has 3 aliphatic heterocycles. The van der Waals surface area contributed by atoms with E-state index in [0.717, 1.165) is 17.0 Å². The van der Waals surface area contributed by atoms with E-state index in [2.05, 4.69) is 40.5 Å². The molecule has 0 aliphatic carbocycles. The molecule has 5 amide bonds. The van der Waals surface area contributed by atoms with E-state index < -0.39 is 36.5 Å². The van der Waals surface area contributed by atoms with Crippen molar-refractivity contribution >= 4 is 69.3 Å². The highest BCUT2D eigenvalue weighted by Crippen LogP contribution is 2.39. The number of hydrogen-bond acceptors (Lipinski definition) is 18. The summed E-state index contributed by atoms with van der Waals surface area (Å²) in [5.41, 5.74) is 1.28. The molecule has 6 rings (SSSR count). The Labute approximate surface area is 438 Å². The van der Waals surface area contributed by atoms with Crippen molar-refractivity contribution in [2.75, 3.05) is 97.0 Å². The first-order valence-corrected chi connectivity index (χ1v) is 26.2. The Bertz CT molecular complexity index is 2480. The molecule has 21 nitrogen and oxygen atoms in total. The molecule has 1 aromatic heterocycles. The molecule has 23 heteroatoms. The molecule has 0 radical (unpaired) electrons. The van der Waals surface area contributed by atoms with Gasteiger partial charge in [-0.1, -0.05) is 59.5 Å². The minimum absolute atomic E-state index is 0.0147. The van der Waals surface area contributed by atoms with E-state index in [-0.39, 0.29) is 104 Å². The summed E-state index contributed by atoms with van der Waals surface area (Å²) in [6.07, 6.45) is 6.79. The van der Waals surface area contributed by atoms with Crippen LogP contribution in [-0.2, 0) is 23.8 Å². The summed E-state index contributed by atoms with van der Waals surface area (Å²) in [4.78, 5) is 81.4. The molecule has 2 N–H and O–H groups in total. The first kappa shape index (κ1) is 56.2. The number of oxime groups is 1. The fourth-order valence-electron chi connectivity index (χ4n) is 8.23. The Morgan fingerprint density at radius 3 is 2.07 bits per heavy atom. The molecular formula is C51H63N7O14S2. The van der Waals surface area contributed by atoms with Crippen molar-refractivity contribution < 1.29 is 66.7 Å². The second kappa shape index (κ2) is 29.0. The van der Waals surface area contributed by atoms with Crippen molar-refractivity contribution in [1.29, 1.82) is 0 Å². The second-order valence-electron chi connectivity index (χ2n) is 16.6. The number of likely N-dealkylation sites (tertiary alicyclic amines) is 2. The fourth-order valence-corrected chi connectivity index (χ4v) is 9.93. The first-order valence-electron chi connectivity index (χ1n) is 23.9. The zero-order valence-corrected chi connectivity index (χ0v) is 43.4. The number of nitrogens with zero attached hydrogens (tertiary/aromatic N) is 5. The maximum atomic E-state index is 14.5. The minimum atomic E-state index is -0.830. The molecular weight excluding hydrogens is 999 g/mol. The molecule has 3 fully saturated rings. The number of hydrogen-bond donors (Lipinski definition) is 2. The van der Waals surface area contributed by atoms with Gasteiger partial charge in [-0.15, -0.1) is 0 Å². The number of nitrogens with one attached hydrogen (secondary N) is 2. The predicted molar refractivity (Wildman–Crippen MR) is 280 cm³/mol. The van der Waals surface area contributed by atoms with E-state index in [9.17, 15) is 24.0 Å². The van der Waals surface area contributed by atoms with Crippen LogP contribution in [0.2, 0.25) is 0 Å². The molecule has 4 heterocycles. The van der Waals surface area contributed by atoms with Gasteiger partial charge in [0, 0.05) is 37.2 Å². The molecule has 3 saturated heterocycles. The van der Waals surface area contributed by atoms with E-state index >= 15 is 0 Å². The van der Waals surface area contributed by atoms with Gasteiger partial charge in [-0.05, 0) is 73.6 Å². The van der Waals surface area contributed by atoms with Gasteiger partial charge in [-0.3, -0.25) is 25.1 Å². The molecule has 0 spiro atoms. The van der Waals surface area contributed by atoms with Gasteiger partial charge in [0.25, 0.3) is 11.8 Å². The maximum absolute atomic E-state index is 14.5. The lowest BCUT2D eigenvalue weighted by atomic mass is 10.1. The van der Waals surface area contributed by atoms with Gasteiger partial charge in [0.2, 0.25) is 0 Å². The molecule has 3 aromatic rings. The van der Waals surface area contributed by atoms with Crippen LogP contribution in [0.3, 0.4) is 0 Å². The van der Waals surface area contributed by atoms with Gasteiger partial charge in [0.15, 0.2) is 29.2 Å². The fraction of sp³-hybridized carbons (Fsp3) is 0.431. The predicted octanol–water partition coefficient (Wildman–Crippen LogP) is 8.44. The second-order valence-corrected chi connectivity index (χ2v) is 19.1. The Morgan fingerprint density at radius 1 is 0.797 bits per heavy atom. The van der Waals surface area contributed by atoms with Crippen LogP contribution in [0.1, 0.15) is 59.2 Å². The average Bonchev–Trinajstić information content (AvgIpc) is 4.19. The molecule has 2 aromatic carbocycles. The highest BCUT2D eigenvalue weighted by molar-refractivity contribution is 8.76. The van der Waals surface area contributed by atoms with E-state index in [1.54, 1.807) is 34.3 Å². The van der Waals surface area contributed by atoms with E-state index in [0.29, 0.717) is 50.2 Å². The Kier molecular flexibility index (Phi) is 22.0. The summed E-state index contributed by atoms with van der Waals surface area (Å²) in [5, 5.41) is 10.1. The number of methoxy groups -OCH3 is 2. The number of aromatic nitrogens is 1. The zero-order chi connectivity index (χ0) is 52.8. The standard InChI is InChI=1S/C51H63N7O14S2/c1-7-20-70-49(61)54-39-31-44(42(65-5)29-37(39)47(60)58-33-34(3)27-40(58)48-57(19-24-69-48)51(63)72-21-8-2)68-23-13-9-12-22-67-43-30-38(55-50(62)71-25-26-73-74-45-16-10-11-17-52-45)36(28-41(43)64-4)46(59)56-18-14-15-35(56)32-53-66-6/h7-8,10-11,16-17,28-32,35,40,48H,1-3,9,12-15,18-27,33H2,4-6H3,(H,54,61)(H,55,62)/b53-32+/t35-,40-,48?/m0/s1. The summed E-state index contributed by atoms with van der Waals surface area (Å²) in [5.74, 6) is 0.734. The lowest BCUT2D eigenvalue weighted by Gasteiger charge is -2.33. The summed E-state index contributed by atoms with van der Waals surface area (Å²) in [6.45, 7) is 13.0. The number of unbranched alkanes of at least 4 members (excludes halogenated alkanes) is 2. The number of anilines is 2. The number of benzene rings is 2. The van der Waals surface area contributed by atoms with Crippen LogP contribution >= 0.6 is 21.6 Å². The van der Waals surface area contributed by atoms with E-state index in [1.165, 1.54) is 72.1 Å². The van der Waals surface area contributed by atoms with Crippen molar-refractivity contribution in [1.82, 2.24) is 19.7 Å². The zero-order valence-electron chi connectivity index (χ0n) is 41.8. The van der Waals surface area contributed by atoms with Crippen LogP contribution in [0.25, 0.3) is 0 Å². The van der Waals surface area contributed by atoms with E-state index in [1.807, 2.05) is 18.2 Å². The van der Waals surface area contributed by atoms with Crippen molar-refractivity contribution in [3.05, 3.63) is 97.3 Å². The number of rotatable bonds is 26. The molecule has 3 aliphatic rings. The van der Waals surface area contributed by atoms with Gasteiger partial charge in [-0.2, -0.15) is 0 Å². The average molecular weight is 1060 g/mol. The molecule has 0 bridgehead atoms. The number of pyridine rings is 1. The summed E-state index contributed by atoms with van der Waals surface area (Å²) in [7, 11) is 7.29. The van der Waals surface area contributed by atoms with Crippen LogP contribution < -0.4 is 29.6 Å². The molecule has 398 valence electrons. The molecule has 3 atom stereocenters. The highest BCUT2D eigenvalue weighted by Gasteiger charge is 2.45. The van der Waals surface area contributed by atoms with Gasteiger partial charge < -0.3 is 52.5 Å². The Morgan fingerprint density at radius 2 is 1.45 bits per heavy atom. The lowest BCUT2D eigenvalue weighted by molar-refractivity contribution is -0.0194. The quantitative estimate of drug-likeness (QED) is 0.0192. The van der Waals surface area contributed by atoms with Crippen molar-refractivity contribution in [3.63, 3.8) is 0 Å². The number of ether oxygens (including phenoxy) is 8. The monoisotopic (exact) mass is 1060 g/mol. The van der Waals surface area contributed by atoms with Gasteiger partial charge in [0.1, 0.15) is 32.0 Å². The largest absolute Gasteiger partial charge is 0.493 e. The van der Waals surface area contributed by atoms with Crippen molar-refractivity contribution in [2.24, 2.45) is 5.16 Å². The molecule has 0 saturated carbocycles. The highest BCUT2D eigenvalue weighted by atomic mass is 33.1. The van der Waals surface area contributed by atoms with Crippen LogP contribution in [0, 0.1) is 0 Å². The maximum Gasteiger partial charge on any atom is 0.412 e. The third-order valence-electron chi connectivity index (χ3n) is 11.6. The van der Waals surface area contributed by atoms with Crippen LogP contribution in [-0.4, -0.2) is 161 Å². The third-order valence-corrected chi connectivity index (χ3v) is 13.9. The third kappa shape index (κ3) is 15.5. The van der Waals surface area contributed by atoms with Crippen LogP contribution in [0.15, 0.2) is 96.3 Å². The van der Waals surface area contributed by atoms with Gasteiger partial charge in [0.05, 0.1) is 81.4 Å². The van der Waals surface area contributed by atoms with E-state index in [4.69, 9.17) is 42.7 Å². The minimum Gasteiger partial charge on any atom is -0.493 e.